The molecule has 0 amide bonds. The Morgan fingerprint density at radius 1 is 1.24 bits per heavy atom. The fraction of sp³-hybridized carbons (Fsp3) is 0.600. The second-order valence-electron chi connectivity index (χ2n) is 8.28. The van der Waals surface area contributed by atoms with Crippen LogP contribution in [0.25, 0.3) is 6.08 Å². The number of rotatable bonds is 3. The minimum atomic E-state index is -0.816. The Morgan fingerprint density at radius 2 is 1.95 bits per heavy atom. The largest absolute Gasteiger partial charge is 0.0985 e. The predicted octanol–water partition coefficient (Wildman–Crippen LogP) is 4.74. The van der Waals surface area contributed by atoms with Gasteiger partial charge < -0.3 is 0 Å². The standard InChI is InChI=1S/C20H30Si/c1-7-15-9-11-16(12-18(15)21(5)6)20-13-17(19(20,3)4)10-8-14(20)2/h7,9,11-12,14,17,21H,1,8,10,13H2,2-6H3. The summed E-state index contributed by atoms with van der Waals surface area (Å²) in [5, 5.41) is 1.61. The van der Waals surface area contributed by atoms with Gasteiger partial charge in [0.05, 0.1) is 8.80 Å². The first-order valence-electron chi connectivity index (χ1n) is 8.61. The number of hydrogen-bond donors (Lipinski definition) is 0. The summed E-state index contributed by atoms with van der Waals surface area (Å²) in [6.45, 7) is 16.4. The third kappa shape index (κ3) is 1.86. The third-order valence-corrected chi connectivity index (χ3v) is 8.72. The van der Waals surface area contributed by atoms with Gasteiger partial charge in [-0.1, -0.05) is 69.9 Å². The zero-order valence-electron chi connectivity index (χ0n) is 14.4. The number of benzene rings is 1. The predicted molar refractivity (Wildman–Crippen MR) is 97.0 cm³/mol. The van der Waals surface area contributed by atoms with E-state index in [-0.39, 0.29) is 0 Å². The molecule has 3 saturated carbocycles. The number of fused-ring (bicyclic) bond motifs is 2. The van der Waals surface area contributed by atoms with Crippen molar-refractivity contribution in [2.24, 2.45) is 17.3 Å². The monoisotopic (exact) mass is 298 g/mol. The Morgan fingerprint density at radius 3 is 2.48 bits per heavy atom. The first kappa shape index (κ1) is 15.1. The van der Waals surface area contributed by atoms with E-state index in [1.165, 1.54) is 24.8 Å². The van der Waals surface area contributed by atoms with Gasteiger partial charge in [-0.15, -0.1) is 0 Å². The molecule has 0 radical (unpaired) electrons. The molecule has 3 fully saturated rings. The fourth-order valence-electron chi connectivity index (χ4n) is 5.45. The van der Waals surface area contributed by atoms with Crippen LogP contribution in [-0.2, 0) is 5.41 Å². The van der Waals surface area contributed by atoms with Crippen LogP contribution in [0, 0.1) is 17.3 Å². The molecule has 3 unspecified atom stereocenters. The summed E-state index contributed by atoms with van der Waals surface area (Å²) in [6, 6.07) is 7.31. The molecule has 2 bridgehead atoms. The van der Waals surface area contributed by atoms with Crippen LogP contribution in [0.15, 0.2) is 24.8 Å². The van der Waals surface area contributed by atoms with E-state index in [1.807, 2.05) is 6.08 Å². The van der Waals surface area contributed by atoms with Crippen LogP contribution < -0.4 is 5.19 Å². The molecule has 1 aromatic rings. The van der Waals surface area contributed by atoms with Crippen molar-refractivity contribution in [1.29, 1.82) is 0 Å². The molecular formula is C20H30Si. The first-order valence-corrected chi connectivity index (χ1v) is 11.5. The number of hydrogen-bond acceptors (Lipinski definition) is 0. The summed E-state index contributed by atoms with van der Waals surface area (Å²) < 4.78 is 0. The van der Waals surface area contributed by atoms with E-state index in [9.17, 15) is 0 Å². The van der Waals surface area contributed by atoms with Gasteiger partial charge in [0, 0.05) is 5.41 Å². The summed E-state index contributed by atoms with van der Waals surface area (Å²) >= 11 is 0. The van der Waals surface area contributed by atoms with Crippen molar-refractivity contribution in [3.05, 3.63) is 35.9 Å². The van der Waals surface area contributed by atoms with E-state index >= 15 is 0 Å². The van der Waals surface area contributed by atoms with Crippen molar-refractivity contribution in [2.45, 2.75) is 58.5 Å². The fourth-order valence-corrected chi connectivity index (χ4v) is 6.84. The van der Waals surface area contributed by atoms with E-state index in [4.69, 9.17) is 0 Å². The SMILES string of the molecule is C=Cc1ccc(C23CC(CCC2C)C3(C)C)cc1[SiH](C)C. The van der Waals surface area contributed by atoms with Gasteiger partial charge in [-0.25, -0.2) is 0 Å². The van der Waals surface area contributed by atoms with Crippen LogP contribution in [0.4, 0.5) is 0 Å². The summed E-state index contributed by atoms with van der Waals surface area (Å²) in [6.07, 6.45) is 6.30. The van der Waals surface area contributed by atoms with Crippen LogP contribution in [-0.4, -0.2) is 8.80 Å². The van der Waals surface area contributed by atoms with Gasteiger partial charge in [-0.2, -0.15) is 0 Å². The summed E-state index contributed by atoms with van der Waals surface area (Å²) in [7, 11) is -0.816. The molecule has 0 heterocycles. The van der Waals surface area contributed by atoms with Crippen LogP contribution in [0.1, 0.15) is 51.2 Å². The van der Waals surface area contributed by atoms with Gasteiger partial charge in [0.1, 0.15) is 0 Å². The maximum absolute atomic E-state index is 4.01. The van der Waals surface area contributed by atoms with Crippen LogP contribution >= 0.6 is 0 Å². The third-order valence-electron chi connectivity index (χ3n) is 6.97. The van der Waals surface area contributed by atoms with Crippen molar-refractivity contribution in [3.63, 3.8) is 0 Å². The minimum absolute atomic E-state index is 0.424. The van der Waals surface area contributed by atoms with Gasteiger partial charge in [-0.05, 0) is 47.6 Å². The molecule has 0 spiro atoms. The topological polar surface area (TPSA) is 0 Å². The van der Waals surface area contributed by atoms with Gasteiger partial charge >= 0.3 is 0 Å². The molecule has 0 aliphatic heterocycles. The Balaban J connectivity index is 2.12. The summed E-state index contributed by atoms with van der Waals surface area (Å²) in [5.41, 5.74) is 3.89. The van der Waals surface area contributed by atoms with Crippen molar-refractivity contribution >= 4 is 20.1 Å². The lowest BCUT2D eigenvalue weighted by Crippen LogP contribution is -2.64. The molecule has 21 heavy (non-hydrogen) atoms. The zero-order valence-corrected chi connectivity index (χ0v) is 15.5. The molecule has 1 heteroatoms. The lowest BCUT2D eigenvalue weighted by atomic mass is 9.35. The van der Waals surface area contributed by atoms with Crippen LogP contribution in [0.5, 0.6) is 0 Å². The van der Waals surface area contributed by atoms with Gasteiger partial charge in [0.2, 0.25) is 0 Å². The molecule has 0 N–H and O–H groups in total. The molecule has 3 aliphatic rings. The lowest BCUT2D eigenvalue weighted by molar-refractivity contribution is -0.133. The van der Waals surface area contributed by atoms with E-state index in [2.05, 4.69) is 58.6 Å². The normalized spacial score (nSPS) is 33.6. The molecule has 114 valence electrons. The lowest BCUT2D eigenvalue weighted by Gasteiger charge is -2.69. The van der Waals surface area contributed by atoms with Gasteiger partial charge in [0.15, 0.2) is 0 Å². The molecule has 0 aromatic heterocycles. The molecule has 4 rings (SSSR count). The highest BCUT2D eigenvalue weighted by Gasteiger charge is 2.64. The van der Waals surface area contributed by atoms with Crippen molar-refractivity contribution in [2.75, 3.05) is 0 Å². The Labute approximate surface area is 132 Å². The second-order valence-corrected chi connectivity index (χ2v) is 11.2. The van der Waals surface area contributed by atoms with Crippen LogP contribution in [0.3, 0.4) is 0 Å². The molecule has 3 atom stereocenters. The van der Waals surface area contributed by atoms with Crippen molar-refractivity contribution in [1.82, 2.24) is 0 Å². The van der Waals surface area contributed by atoms with Crippen molar-refractivity contribution in [3.8, 4) is 0 Å². The highest BCUT2D eigenvalue weighted by molar-refractivity contribution is 6.71. The average Bonchev–Trinajstić information content (AvgIpc) is 2.46. The van der Waals surface area contributed by atoms with Crippen LogP contribution in [0.2, 0.25) is 13.1 Å². The van der Waals surface area contributed by atoms with E-state index < -0.39 is 8.80 Å². The van der Waals surface area contributed by atoms with Gasteiger partial charge in [-0.3, -0.25) is 0 Å². The van der Waals surface area contributed by atoms with E-state index in [0.717, 1.165) is 11.8 Å². The Hall–Kier alpha value is -0.823. The first-order chi connectivity index (χ1) is 9.84. The summed E-state index contributed by atoms with van der Waals surface area (Å²) in [5.74, 6) is 1.75. The molecule has 0 nitrogen and oxygen atoms in total. The van der Waals surface area contributed by atoms with E-state index in [0.29, 0.717) is 10.8 Å². The quantitative estimate of drug-likeness (QED) is 0.707. The summed E-state index contributed by atoms with van der Waals surface area (Å²) in [4.78, 5) is 0. The maximum Gasteiger partial charge on any atom is 0.0655 e. The smallest absolute Gasteiger partial charge is 0.0655 e. The highest BCUT2D eigenvalue weighted by atomic mass is 28.3. The average molecular weight is 299 g/mol. The molecule has 0 saturated heterocycles. The Kier molecular flexibility index (Phi) is 3.48. The maximum atomic E-state index is 4.01. The Bertz CT molecular complexity index is 569. The minimum Gasteiger partial charge on any atom is -0.0985 e. The highest BCUT2D eigenvalue weighted by Crippen LogP contribution is 2.70. The van der Waals surface area contributed by atoms with Gasteiger partial charge in [0.25, 0.3) is 0 Å². The molecular weight excluding hydrogens is 268 g/mol. The van der Waals surface area contributed by atoms with E-state index in [1.54, 1.807) is 10.8 Å². The van der Waals surface area contributed by atoms with Crippen molar-refractivity contribution < 1.29 is 0 Å². The molecule has 3 aliphatic carbocycles. The second kappa shape index (κ2) is 4.84. The molecule has 1 aromatic carbocycles. The zero-order chi connectivity index (χ0) is 15.4.